The van der Waals surface area contributed by atoms with Gasteiger partial charge in [0.2, 0.25) is 5.91 Å². The first-order valence-corrected chi connectivity index (χ1v) is 13.1. The number of benzene rings is 3. The summed E-state index contributed by atoms with van der Waals surface area (Å²) in [4.78, 5) is 32.4. The predicted octanol–water partition coefficient (Wildman–Crippen LogP) is 6.17. The summed E-state index contributed by atoms with van der Waals surface area (Å²) in [6.45, 7) is 5.43. The molecule has 4 nitrogen and oxygen atoms in total. The molecule has 1 aromatic heterocycles. The number of nitrogens with zero attached hydrogens (tertiary/aromatic N) is 2. The van der Waals surface area contributed by atoms with Crippen molar-refractivity contribution in [3.8, 4) is 0 Å². The van der Waals surface area contributed by atoms with Gasteiger partial charge in [-0.2, -0.15) is 0 Å². The second-order valence-corrected chi connectivity index (χ2v) is 10.6. The van der Waals surface area contributed by atoms with Gasteiger partial charge in [0.05, 0.1) is 6.04 Å². The van der Waals surface area contributed by atoms with Gasteiger partial charge in [-0.3, -0.25) is 9.59 Å². The van der Waals surface area contributed by atoms with E-state index in [1.165, 1.54) is 10.4 Å². The maximum atomic E-state index is 13.8. The Morgan fingerprint density at radius 3 is 2.49 bits per heavy atom. The average molecular weight is 483 g/mol. The van der Waals surface area contributed by atoms with E-state index in [0.717, 1.165) is 22.8 Å². The maximum Gasteiger partial charge on any atom is 0.254 e. The second kappa shape index (κ2) is 10.0. The summed E-state index contributed by atoms with van der Waals surface area (Å²) in [5.74, 6) is 0.148. The van der Waals surface area contributed by atoms with Crippen LogP contribution in [0.5, 0.6) is 0 Å². The molecule has 0 aliphatic carbocycles. The normalized spacial score (nSPS) is 15.3. The van der Waals surface area contributed by atoms with Crippen LogP contribution in [0.4, 0.5) is 0 Å². The van der Waals surface area contributed by atoms with E-state index in [9.17, 15) is 9.59 Å². The third kappa shape index (κ3) is 4.87. The molecule has 1 aliphatic rings. The highest BCUT2D eigenvalue weighted by Gasteiger charge is 2.34. The van der Waals surface area contributed by atoms with Gasteiger partial charge in [-0.05, 0) is 57.8 Å². The Hall–Kier alpha value is -3.44. The molecule has 0 bridgehead atoms. The van der Waals surface area contributed by atoms with Gasteiger partial charge in [-0.15, -0.1) is 11.3 Å². The van der Waals surface area contributed by atoms with Crippen molar-refractivity contribution in [2.75, 3.05) is 19.6 Å². The standard InChI is InChI=1S/C30H30N2O2S/c1-21(2)19-31(30(34)25-13-12-22-8-6-7-11-24(22)18-25)20-28(33)32-16-14-27-26(15-17-35-27)29(32)23-9-4-3-5-10-23/h3-13,15,17-18,21,29H,14,16,19-20H2,1-2H3. The van der Waals surface area contributed by atoms with Crippen LogP contribution >= 0.6 is 11.3 Å². The smallest absolute Gasteiger partial charge is 0.254 e. The number of carbonyl (C=O) groups is 2. The fourth-order valence-corrected chi connectivity index (χ4v) is 5.90. The highest BCUT2D eigenvalue weighted by atomic mass is 32.1. The van der Waals surface area contributed by atoms with Gasteiger partial charge in [0, 0.05) is 23.5 Å². The van der Waals surface area contributed by atoms with Crippen molar-refractivity contribution in [2.24, 2.45) is 5.92 Å². The molecule has 5 rings (SSSR count). The lowest BCUT2D eigenvalue weighted by molar-refractivity contribution is -0.134. The first kappa shape index (κ1) is 23.3. The molecule has 0 radical (unpaired) electrons. The van der Waals surface area contributed by atoms with E-state index in [2.05, 4.69) is 37.4 Å². The number of hydrogen-bond donors (Lipinski definition) is 0. The van der Waals surface area contributed by atoms with Crippen LogP contribution < -0.4 is 0 Å². The molecule has 0 N–H and O–H groups in total. The molecular formula is C30H30N2O2S. The van der Waals surface area contributed by atoms with Crippen molar-refractivity contribution in [1.82, 2.24) is 9.80 Å². The van der Waals surface area contributed by atoms with Crippen LogP contribution in [0.15, 0.2) is 84.2 Å². The van der Waals surface area contributed by atoms with Gasteiger partial charge in [-0.25, -0.2) is 0 Å². The summed E-state index contributed by atoms with van der Waals surface area (Å²) in [5, 5.41) is 4.24. The lowest BCUT2D eigenvalue weighted by Gasteiger charge is -2.38. The summed E-state index contributed by atoms with van der Waals surface area (Å²) in [7, 11) is 0. The van der Waals surface area contributed by atoms with Gasteiger partial charge in [0.15, 0.2) is 0 Å². The number of hydrogen-bond acceptors (Lipinski definition) is 3. The van der Waals surface area contributed by atoms with Crippen LogP contribution in [0.2, 0.25) is 0 Å². The zero-order chi connectivity index (χ0) is 24.4. The van der Waals surface area contributed by atoms with Crippen LogP contribution in [0.25, 0.3) is 10.8 Å². The number of thiophene rings is 1. The Bertz CT molecular complexity index is 1340. The van der Waals surface area contributed by atoms with Gasteiger partial charge >= 0.3 is 0 Å². The molecule has 1 aliphatic heterocycles. The molecule has 3 aromatic carbocycles. The molecule has 2 amide bonds. The molecule has 1 unspecified atom stereocenters. The van der Waals surface area contributed by atoms with Gasteiger partial charge in [0.25, 0.3) is 5.91 Å². The average Bonchev–Trinajstić information content (AvgIpc) is 3.36. The number of carbonyl (C=O) groups excluding carboxylic acids is 2. The zero-order valence-corrected chi connectivity index (χ0v) is 21.0. The number of amides is 2. The summed E-state index contributed by atoms with van der Waals surface area (Å²) in [5.41, 5.74) is 2.93. The Morgan fingerprint density at radius 2 is 1.71 bits per heavy atom. The summed E-state index contributed by atoms with van der Waals surface area (Å²) in [6, 6.07) is 26.0. The Morgan fingerprint density at radius 1 is 0.971 bits per heavy atom. The Balaban J connectivity index is 1.43. The molecule has 0 fully saturated rings. The topological polar surface area (TPSA) is 40.6 Å². The quantitative estimate of drug-likeness (QED) is 0.330. The van der Waals surface area contributed by atoms with Crippen LogP contribution in [-0.4, -0.2) is 41.2 Å². The minimum atomic E-state index is -0.115. The molecule has 4 aromatic rings. The fraction of sp³-hybridized carbons (Fsp3) is 0.267. The predicted molar refractivity (Wildman–Crippen MR) is 143 cm³/mol. The molecule has 178 valence electrons. The Kier molecular flexibility index (Phi) is 6.69. The lowest BCUT2D eigenvalue weighted by Crippen LogP contribution is -2.47. The highest BCUT2D eigenvalue weighted by molar-refractivity contribution is 7.10. The summed E-state index contributed by atoms with van der Waals surface area (Å²) < 4.78 is 0. The molecule has 1 atom stereocenters. The van der Waals surface area contributed by atoms with Crippen LogP contribution in [0.1, 0.15) is 46.3 Å². The monoisotopic (exact) mass is 482 g/mol. The van der Waals surface area contributed by atoms with Crippen LogP contribution in [0, 0.1) is 5.92 Å². The highest BCUT2D eigenvalue weighted by Crippen LogP contribution is 2.37. The van der Waals surface area contributed by atoms with E-state index in [4.69, 9.17) is 0 Å². The van der Waals surface area contributed by atoms with Crippen molar-refractivity contribution in [3.63, 3.8) is 0 Å². The third-order valence-electron chi connectivity index (χ3n) is 6.60. The van der Waals surface area contributed by atoms with Crippen molar-refractivity contribution in [3.05, 3.63) is 106 Å². The minimum Gasteiger partial charge on any atom is -0.330 e. The van der Waals surface area contributed by atoms with E-state index < -0.39 is 0 Å². The zero-order valence-electron chi connectivity index (χ0n) is 20.2. The van der Waals surface area contributed by atoms with Crippen molar-refractivity contribution >= 4 is 33.9 Å². The molecule has 0 saturated heterocycles. The largest absolute Gasteiger partial charge is 0.330 e. The van der Waals surface area contributed by atoms with Gasteiger partial charge < -0.3 is 9.80 Å². The van der Waals surface area contributed by atoms with E-state index in [0.29, 0.717) is 18.7 Å². The lowest BCUT2D eigenvalue weighted by atomic mass is 9.93. The van der Waals surface area contributed by atoms with Crippen molar-refractivity contribution in [2.45, 2.75) is 26.3 Å². The maximum absolute atomic E-state index is 13.8. The van der Waals surface area contributed by atoms with Crippen molar-refractivity contribution in [1.29, 1.82) is 0 Å². The van der Waals surface area contributed by atoms with Crippen LogP contribution in [-0.2, 0) is 11.2 Å². The van der Waals surface area contributed by atoms with Crippen molar-refractivity contribution < 1.29 is 9.59 Å². The first-order valence-electron chi connectivity index (χ1n) is 12.2. The molecule has 0 saturated carbocycles. The Labute approximate surface area is 210 Å². The molecule has 5 heteroatoms. The van der Waals surface area contributed by atoms with E-state index >= 15 is 0 Å². The van der Waals surface area contributed by atoms with Gasteiger partial charge in [0.1, 0.15) is 6.54 Å². The molecule has 2 heterocycles. The third-order valence-corrected chi connectivity index (χ3v) is 7.59. The number of fused-ring (bicyclic) bond motifs is 2. The fourth-order valence-electron chi connectivity index (χ4n) is 5.00. The molecule has 0 spiro atoms. The number of rotatable bonds is 6. The van der Waals surface area contributed by atoms with E-state index in [1.54, 1.807) is 16.2 Å². The van der Waals surface area contributed by atoms with Gasteiger partial charge in [-0.1, -0.05) is 74.5 Å². The van der Waals surface area contributed by atoms with E-state index in [1.807, 2.05) is 65.6 Å². The molecule has 35 heavy (non-hydrogen) atoms. The molecular weight excluding hydrogens is 452 g/mol. The van der Waals surface area contributed by atoms with Crippen LogP contribution in [0.3, 0.4) is 0 Å². The minimum absolute atomic E-state index is 0.00880. The summed E-state index contributed by atoms with van der Waals surface area (Å²) in [6.07, 6.45) is 0.852. The summed E-state index contributed by atoms with van der Waals surface area (Å²) >= 11 is 1.76. The first-order chi connectivity index (χ1) is 17.0. The SMILES string of the molecule is CC(C)CN(CC(=O)N1CCc2sccc2C1c1ccccc1)C(=O)c1ccc2ccccc2c1. The van der Waals surface area contributed by atoms with E-state index in [-0.39, 0.29) is 30.3 Å². The second-order valence-electron chi connectivity index (χ2n) is 9.59.